The molecule has 2 atom stereocenters. The third kappa shape index (κ3) is 7.13. The van der Waals surface area contributed by atoms with Gasteiger partial charge < -0.3 is 20.8 Å². The molecule has 1 aliphatic rings. The van der Waals surface area contributed by atoms with Gasteiger partial charge in [-0.15, -0.1) is 0 Å². The first-order chi connectivity index (χ1) is 16.6. The highest BCUT2D eigenvalue weighted by atomic mass is 16.4. The van der Waals surface area contributed by atoms with Crippen LogP contribution in [0.15, 0.2) is 29.1 Å². The van der Waals surface area contributed by atoms with Gasteiger partial charge >= 0.3 is 11.9 Å². The first-order valence-electron chi connectivity index (χ1n) is 11.1. The standard InChI is InChI=1S/C23H27N5O7/c1-12(29)25-23-27-19-16(21(33)28-23)10-14(11-24-19)3-2-13-4-6-15(7-5-13)20(32)26-17(22(34)35)8-9-18(30)31/h4-7,14,17H,2-3,8-11H2,1H3,(H,26,32)(H,30,31)(H,34,35)(H3,24,25,27,28,29,33)/t14?,17-/m0/s1. The van der Waals surface area contributed by atoms with Crippen molar-refractivity contribution in [2.45, 2.75) is 45.1 Å². The number of benzene rings is 1. The number of anilines is 2. The van der Waals surface area contributed by atoms with E-state index in [4.69, 9.17) is 5.11 Å². The number of aromatic amines is 1. The molecular formula is C23H27N5O7. The number of carboxylic acid groups (broad SMARTS) is 2. The van der Waals surface area contributed by atoms with Crippen LogP contribution < -0.4 is 21.5 Å². The fourth-order valence-electron chi connectivity index (χ4n) is 3.83. The van der Waals surface area contributed by atoms with Crippen LogP contribution in [-0.4, -0.2) is 56.5 Å². The van der Waals surface area contributed by atoms with Gasteiger partial charge in [0.05, 0.1) is 5.56 Å². The summed E-state index contributed by atoms with van der Waals surface area (Å²) in [4.78, 5) is 64.7. The Kier molecular flexibility index (Phi) is 8.18. The predicted octanol–water partition coefficient (Wildman–Crippen LogP) is 0.993. The van der Waals surface area contributed by atoms with Gasteiger partial charge in [0.25, 0.3) is 11.5 Å². The molecule has 35 heavy (non-hydrogen) atoms. The molecule has 2 amide bonds. The van der Waals surface area contributed by atoms with Gasteiger partial charge in [-0.05, 0) is 49.3 Å². The number of nitrogens with zero attached hydrogens (tertiary/aromatic N) is 1. The number of H-pyrrole nitrogens is 1. The quantitative estimate of drug-likeness (QED) is 0.285. The number of hydrogen-bond donors (Lipinski definition) is 6. The van der Waals surface area contributed by atoms with Crippen molar-refractivity contribution in [3.63, 3.8) is 0 Å². The lowest BCUT2D eigenvalue weighted by Gasteiger charge is -2.25. The molecule has 1 unspecified atom stereocenters. The summed E-state index contributed by atoms with van der Waals surface area (Å²) in [5, 5.41) is 25.9. The van der Waals surface area contributed by atoms with Crippen LogP contribution >= 0.6 is 0 Å². The molecule has 1 aliphatic heterocycles. The summed E-state index contributed by atoms with van der Waals surface area (Å²) in [6, 6.07) is 5.45. The van der Waals surface area contributed by atoms with Gasteiger partial charge in [-0.2, -0.15) is 4.98 Å². The van der Waals surface area contributed by atoms with Crippen molar-refractivity contribution in [2.24, 2.45) is 5.92 Å². The minimum absolute atomic E-state index is 0.105. The second kappa shape index (κ2) is 11.3. The first kappa shape index (κ1) is 25.4. The number of hydrogen-bond acceptors (Lipinski definition) is 7. The van der Waals surface area contributed by atoms with Crippen molar-refractivity contribution in [1.82, 2.24) is 15.3 Å². The highest BCUT2D eigenvalue weighted by Crippen LogP contribution is 2.24. The van der Waals surface area contributed by atoms with Crippen LogP contribution in [-0.2, 0) is 27.2 Å². The Morgan fingerprint density at radius 3 is 2.51 bits per heavy atom. The predicted molar refractivity (Wildman–Crippen MR) is 125 cm³/mol. The van der Waals surface area contributed by atoms with Crippen LogP contribution in [0.25, 0.3) is 0 Å². The van der Waals surface area contributed by atoms with Crippen molar-refractivity contribution < 1.29 is 29.4 Å². The molecule has 0 radical (unpaired) electrons. The lowest BCUT2D eigenvalue weighted by Crippen LogP contribution is -2.41. The molecule has 0 saturated heterocycles. The first-order valence-corrected chi connectivity index (χ1v) is 11.1. The second-order valence-electron chi connectivity index (χ2n) is 8.41. The van der Waals surface area contributed by atoms with E-state index in [1.807, 2.05) is 0 Å². The Morgan fingerprint density at radius 1 is 1.17 bits per heavy atom. The Morgan fingerprint density at radius 2 is 1.89 bits per heavy atom. The largest absolute Gasteiger partial charge is 0.481 e. The average Bonchev–Trinajstić information content (AvgIpc) is 2.80. The summed E-state index contributed by atoms with van der Waals surface area (Å²) in [6.07, 6.45) is 1.45. The number of aryl methyl sites for hydroxylation is 1. The molecule has 0 fully saturated rings. The van der Waals surface area contributed by atoms with Crippen LogP contribution in [0.1, 0.15) is 47.7 Å². The number of aliphatic carboxylic acids is 2. The Hall–Kier alpha value is -4.22. The zero-order valence-corrected chi connectivity index (χ0v) is 19.1. The minimum Gasteiger partial charge on any atom is -0.481 e. The molecule has 0 bridgehead atoms. The normalized spacial score (nSPS) is 15.3. The van der Waals surface area contributed by atoms with Crippen molar-refractivity contribution in [3.05, 3.63) is 51.3 Å². The Bertz CT molecular complexity index is 1180. The number of nitrogens with one attached hydrogen (secondary N) is 4. The zero-order chi connectivity index (χ0) is 25.5. The SMILES string of the molecule is CC(=O)Nc1nc2c(c(=O)[nH]1)CC(CCc1ccc(C(=O)N[C@@H](CCC(=O)O)C(=O)O)cc1)CN2. The van der Waals surface area contributed by atoms with E-state index in [0.717, 1.165) is 12.0 Å². The highest BCUT2D eigenvalue weighted by molar-refractivity contribution is 5.96. The number of fused-ring (bicyclic) bond motifs is 1. The number of aromatic nitrogens is 2. The topological polar surface area (TPSA) is 191 Å². The fraction of sp³-hybridized carbons (Fsp3) is 0.391. The molecule has 0 saturated carbocycles. The van der Waals surface area contributed by atoms with Crippen molar-refractivity contribution >= 4 is 35.5 Å². The van der Waals surface area contributed by atoms with Crippen LogP contribution in [0.5, 0.6) is 0 Å². The number of carbonyl (C=O) groups excluding carboxylic acids is 2. The molecule has 12 heteroatoms. The van der Waals surface area contributed by atoms with Crippen molar-refractivity contribution in [3.8, 4) is 0 Å². The fourth-order valence-corrected chi connectivity index (χ4v) is 3.83. The average molecular weight is 485 g/mol. The summed E-state index contributed by atoms with van der Waals surface area (Å²) >= 11 is 0. The molecule has 0 aliphatic carbocycles. The van der Waals surface area contributed by atoms with Crippen LogP contribution in [0.4, 0.5) is 11.8 Å². The van der Waals surface area contributed by atoms with Gasteiger partial charge in [-0.25, -0.2) is 4.79 Å². The van der Waals surface area contributed by atoms with Gasteiger partial charge in [-0.1, -0.05) is 12.1 Å². The van der Waals surface area contributed by atoms with E-state index in [2.05, 4.69) is 25.9 Å². The van der Waals surface area contributed by atoms with E-state index < -0.39 is 23.9 Å². The number of carbonyl (C=O) groups is 4. The third-order valence-corrected chi connectivity index (χ3v) is 5.67. The van der Waals surface area contributed by atoms with E-state index in [9.17, 15) is 29.1 Å². The smallest absolute Gasteiger partial charge is 0.326 e. The highest BCUT2D eigenvalue weighted by Gasteiger charge is 2.24. The summed E-state index contributed by atoms with van der Waals surface area (Å²) in [6.45, 7) is 1.95. The molecule has 3 rings (SSSR count). The lowest BCUT2D eigenvalue weighted by atomic mass is 9.91. The number of rotatable bonds is 10. The molecule has 6 N–H and O–H groups in total. The van der Waals surface area contributed by atoms with E-state index >= 15 is 0 Å². The maximum atomic E-state index is 12.4. The van der Waals surface area contributed by atoms with Gasteiger partial charge in [0, 0.05) is 25.5 Å². The summed E-state index contributed by atoms with van der Waals surface area (Å²) < 4.78 is 0. The van der Waals surface area contributed by atoms with E-state index in [1.54, 1.807) is 24.3 Å². The molecule has 2 aromatic rings. The summed E-state index contributed by atoms with van der Waals surface area (Å²) in [5.41, 5.74) is 1.49. The maximum Gasteiger partial charge on any atom is 0.326 e. The minimum atomic E-state index is -1.29. The molecule has 0 spiro atoms. The maximum absolute atomic E-state index is 12.4. The van der Waals surface area contributed by atoms with Crippen molar-refractivity contribution in [1.29, 1.82) is 0 Å². The molecule has 186 valence electrons. The van der Waals surface area contributed by atoms with Gasteiger partial charge in [0.1, 0.15) is 11.9 Å². The monoisotopic (exact) mass is 485 g/mol. The van der Waals surface area contributed by atoms with E-state index in [-0.39, 0.29) is 41.7 Å². The van der Waals surface area contributed by atoms with Crippen LogP contribution in [0, 0.1) is 5.92 Å². The molecule has 1 aromatic carbocycles. The van der Waals surface area contributed by atoms with Gasteiger partial charge in [-0.3, -0.25) is 29.5 Å². The molecule has 1 aromatic heterocycles. The van der Waals surface area contributed by atoms with Gasteiger partial charge in [0.15, 0.2) is 0 Å². The molecule has 12 nitrogen and oxygen atoms in total. The second-order valence-corrected chi connectivity index (χ2v) is 8.41. The molecule has 2 heterocycles. The van der Waals surface area contributed by atoms with E-state index in [0.29, 0.717) is 30.8 Å². The molecular weight excluding hydrogens is 458 g/mol. The summed E-state index contributed by atoms with van der Waals surface area (Å²) in [5.74, 6) is -2.59. The van der Waals surface area contributed by atoms with Gasteiger partial charge in [0.2, 0.25) is 11.9 Å². The van der Waals surface area contributed by atoms with Crippen LogP contribution in [0.2, 0.25) is 0 Å². The van der Waals surface area contributed by atoms with Crippen molar-refractivity contribution in [2.75, 3.05) is 17.2 Å². The third-order valence-electron chi connectivity index (χ3n) is 5.67. The Labute approximate surface area is 200 Å². The Balaban J connectivity index is 1.55. The van der Waals surface area contributed by atoms with Crippen LogP contribution in [0.3, 0.4) is 0 Å². The number of carboxylic acids is 2. The van der Waals surface area contributed by atoms with E-state index in [1.165, 1.54) is 6.92 Å². The summed E-state index contributed by atoms with van der Waals surface area (Å²) in [7, 11) is 0. The number of amides is 2. The zero-order valence-electron chi connectivity index (χ0n) is 19.1. The lowest BCUT2D eigenvalue weighted by molar-refractivity contribution is -0.140.